The second kappa shape index (κ2) is 10.2. The van der Waals surface area contributed by atoms with Crippen molar-refractivity contribution in [1.82, 2.24) is 0 Å². The molecule has 0 N–H and O–H groups in total. The molecule has 0 fully saturated rings. The van der Waals surface area contributed by atoms with Gasteiger partial charge in [-0.25, -0.2) is 0 Å². The zero-order valence-electron chi connectivity index (χ0n) is 16.3. The van der Waals surface area contributed by atoms with Crippen molar-refractivity contribution >= 4 is 25.2 Å². The molecule has 0 aliphatic carbocycles. The average molecular weight is 361 g/mol. The summed E-state index contributed by atoms with van der Waals surface area (Å²) in [5, 5.41) is 0. The van der Waals surface area contributed by atoms with E-state index in [1.54, 1.807) is 0 Å². The molecule has 0 aromatic rings. The summed E-state index contributed by atoms with van der Waals surface area (Å²) < 4.78 is 14.1. The minimum atomic E-state index is -2.08. The molecule has 0 spiro atoms. The summed E-state index contributed by atoms with van der Waals surface area (Å²) >= 11 is 0. The SMILES string of the molecule is C=CC[Si](CC)(CC)O[Si](CC)(CC)O[Si](CC)(CC)CC. The summed E-state index contributed by atoms with van der Waals surface area (Å²) in [7, 11) is -5.41. The van der Waals surface area contributed by atoms with Crippen LogP contribution in [0.15, 0.2) is 12.7 Å². The van der Waals surface area contributed by atoms with E-state index in [1.807, 2.05) is 0 Å². The number of allylic oxidation sites excluding steroid dienone is 1. The summed E-state index contributed by atoms with van der Waals surface area (Å²) in [5.41, 5.74) is 0. The van der Waals surface area contributed by atoms with Gasteiger partial charge in [0, 0.05) is 0 Å². The molecule has 0 amide bonds. The molecule has 0 saturated carbocycles. The Bertz CT molecular complexity index is 301. The van der Waals surface area contributed by atoms with E-state index < -0.39 is 25.2 Å². The first-order valence-electron chi connectivity index (χ1n) is 9.41. The van der Waals surface area contributed by atoms with Crippen molar-refractivity contribution in [2.24, 2.45) is 0 Å². The van der Waals surface area contributed by atoms with E-state index >= 15 is 0 Å². The quantitative estimate of drug-likeness (QED) is 0.269. The van der Waals surface area contributed by atoms with Crippen molar-refractivity contribution in [2.75, 3.05) is 0 Å². The Morgan fingerprint density at radius 2 is 1.00 bits per heavy atom. The van der Waals surface area contributed by atoms with E-state index in [9.17, 15) is 0 Å². The fraction of sp³-hybridized carbons (Fsp3) is 0.882. The molecule has 0 aliphatic rings. The Morgan fingerprint density at radius 3 is 1.27 bits per heavy atom. The van der Waals surface area contributed by atoms with E-state index in [1.165, 1.54) is 30.2 Å². The molecule has 0 rings (SSSR count). The summed E-state index contributed by atoms with van der Waals surface area (Å²) in [6, 6.07) is 9.23. The van der Waals surface area contributed by atoms with Crippen molar-refractivity contribution < 1.29 is 8.23 Å². The second-order valence-electron chi connectivity index (χ2n) is 6.45. The van der Waals surface area contributed by atoms with Gasteiger partial charge in [0.05, 0.1) is 0 Å². The molecule has 0 heterocycles. The van der Waals surface area contributed by atoms with E-state index in [2.05, 4.69) is 61.1 Å². The van der Waals surface area contributed by atoms with Crippen LogP contribution in [0.25, 0.3) is 0 Å². The van der Waals surface area contributed by atoms with Crippen molar-refractivity contribution in [3.8, 4) is 0 Å². The van der Waals surface area contributed by atoms with Crippen LogP contribution in [0.3, 0.4) is 0 Å². The van der Waals surface area contributed by atoms with Crippen molar-refractivity contribution in [1.29, 1.82) is 0 Å². The van der Waals surface area contributed by atoms with Gasteiger partial charge in [0.25, 0.3) is 0 Å². The van der Waals surface area contributed by atoms with Crippen LogP contribution in [0.5, 0.6) is 0 Å². The summed E-state index contributed by atoms with van der Waals surface area (Å²) in [6.07, 6.45) is 2.08. The van der Waals surface area contributed by atoms with Crippen LogP contribution in [0, 0.1) is 0 Å². The number of hydrogen-bond donors (Lipinski definition) is 0. The predicted molar refractivity (Wildman–Crippen MR) is 108 cm³/mol. The van der Waals surface area contributed by atoms with E-state index in [0.29, 0.717) is 0 Å². The highest BCUT2D eigenvalue weighted by Crippen LogP contribution is 2.35. The molecule has 0 aromatic heterocycles. The highest BCUT2D eigenvalue weighted by Gasteiger charge is 2.47. The van der Waals surface area contributed by atoms with E-state index in [-0.39, 0.29) is 0 Å². The van der Waals surface area contributed by atoms with Crippen molar-refractivity contribution in [3.05, 3.63) is 12.7 Å². The largest absolute Gasteiger partial charge is 0.436 e. The van der Waals surface area contributed by atoms with Crippen LogP contribution in [0.4, 0.5) is 0 Å². The Hall–Kier alpha value is 0.311. The topological polar surface area (TPSA) is 18.5 Å². The third-order valence-corrected chi connectivity index (χ3v) is 21.7. The van der Waals surface area contributed by atoms with E-state index in [0.717, 1.165) is 18.1 Å². The van der Waals surface area contributed by atoms with Gasteiger partial charge in [-0.2, -0.15) is 0 Å². The lowest BCUT2D eigenvalue weighted by Crippen LogP contribution is -2.57. The normalized spacial score (nSPS) is 13.4. The van der Waals surface area contributed by atoms with Crippen LogP contribution in [-0.2, 0) is 8.23 Å². The van der Waals surface area contributed by atoms with Crippen LogP contribution in [0.1, 0.15) is 48.5 Å². The maximum absolute atomic E-state index is 7.04. The molecule has 0 aliphatic heterocycles. The maximum Gasteiger partial charge on any atom is 0.317 e. The minimum absolute atomic E-state index is 1.07. The average Bonchev–Trinajstić information content (AvgIpc) is 2.58. The molecule has 5 heteroatoms. The highest BCUT2D eigenvalue weighted by atomic mass is 28.5. The summed E-state index contributed by atoms with van der Waals surface area (Å²) in [5.74, 6) is 0. The molecule has 0 aromatic carbocycles. The fourth-order valence-corrected chi connectivity index (χ4v) is 19.3. The Balaban J connectivity index is 5.52. The molecule has 0 saturated heterocycles. The smallest absolute Gasteiger partial charge is 0.317 e. The third kappa shape index (κ3) is 5.44. The molecule has 132 valence electrons. The van der Waals surface area contributed by atoms with Gasteiger partial charge in [-0.3, -0.25) is 0 Å². The number of hydrogen-bond acceptors (Lipinski definition) is 2. The van der Waals surface area contributed by atoms with Gasteiger partial charge in [-0.1, -0.05) is 54.5 Å². The van der Waals surface area contributed by atoms with Crippen LogP contribution in [0.2, 0.25) is 48.4 Å². The third-order valence-electron chi connectivity index (χ3n) is 5.62. The fourth-order valence-electron chi connectivity index (χ4n) is 3.30. The molecular weight excluding hydrogens is 320 g/mol. The zero-order chi connectivity index (χ0) is 17.3. The predicted octanol–water partition coefficient (Wildman–Crippen LogP) is 6.68. The van der Waals surface area contributed by atoms with Crippen LogP contribution >= 0.6 is 0 Å². The lowest BCUT2D eigenvalue weighted by atomic mass is 10.8. The van der Waals surface area contributed by atoms with Gasteiger partial charge < -0.3 is 8.23 Å². The first-order chi connectivity index (χ1) is 10.4. The molecule has 0 unspecified atom stereocenters. The standard InChI is InChI=1S/C17H40O2Si3/c1-9-17-21(13-5,14-6)19-22(15-7,16-8)18-20(10-2,11-3)12-4/h9H,1,10-17H2,2-8H3. The van der Waals surface area contributed by atoms with Gasteiger partial charge in [0.2, 0.25) is 0 Å². The number of rotatable bonds is 13. The maximum atomic E-state index is 7.04. The lowest BCUT2D eigenvalue weighted by molar-refractivity contribution is 0.361. The molecule has 22 heavy (non-hydrogen) atoms. The minimum Gasteiger partial charge on any atom is -0.436 e. The van der Waals surface area contributed by atoms with Gasteiger partial charge >= 0.3 is 8.56 Å². The first-order valence-corrected chi connectivity index (χ1v) is 16.7. The molecule has 0 atom stereocenters. The highest BCUT2D eigenvalue weighted by molar-refractivity contribution is 6.90. The first kappa shape index (κ1) is 22.3. The van der Waals surface area contributed by atoms with Gasteiger partial charge in [0.1, 0.15) is 0 Å². The Kier molecular flexibility index (Phi) is 10.4. The molecule has 0 radical (unpaired) electrons. The molecule has 0 bridgehead atoms. The van der Waals surface area contributed by atoms with Crippen molar-refractivity contribution in [2.45, 2.75) is 96.8 Å². The molecular formula is C17H40O2Si3. The van der Waals surface area contributed by atoms with Crippen LogP contribution < -0.4 is 0 Å². The van der Waals surface area contributed by atoms with Gasteiger partial charge in [-0.05, 0) is 48.4 Å². The Morgan fingerprint density at radius 1 is 0.636 bits per heavy atom. The lowest BCUT2D eigenvalue weighted by Gasteiger charge is -2.45. The van der Waals surface area contributed by atoms with E-state index in [4.69, 9.17) is 8.23 Å². The second-order valence-corrected chi connectivity index (χ2v) is 20.0. The van der Waals surface area contributed by atoms with Gasteiger partial charge in [0.15, 0.2) is 16.6 Å². The zero-order valence-corrected chi connectivity index (χ0v) is 19.3. The Labute approximate surface area is 143 Å². The van der Waals surface area contributed by atoms with Crippen molar-refractivity contribution in [3.63, 3.8) is 0 Å². The summed E-state index contributed by atoms with van der Waals surface area (Å²) in [4.78, 5) is 0. The van der Waals surface area contributed by atoms with Gasteiger partial charge in [-0.15, -0.1) is 6.58 Å². The summed E-state index contributed by atoms with van der Waals surface area (Å²) in [6.45, 7) is 20.1. The molecule has 2 nitrogen and oxygen atoms in total. The monoisotopic (exact) mass is 360 g/mol. The van der Waals surface area contributed by atoms with Crippen LogP contribution in [-0.4, -0.2) is 25.2 Å².